The summed E-state index contributed by atoms with van der Waals surface area (Å²) >= 11 is 0. The highest BCUT2D eigenvalue weighted by Gasteiger charge is 2.31. The van der Waals surface area contributed by atoms with Crippen molar-refractivity contribution in [1.82, 2.24) is 5.32 Å². The van der Waals surface area contributed by atoms with Crippen LogP contribution in [0.2, 0.25) is 0 Å². The van der Waals surface area contributed by atoms with Crippen LogP contribution in [0.15, 0.2) is 0 Å². The van der Waals surface area contributed by atoms with E-state index in [-0.39, 0.29) is 6.04 Å². The van der Waals surface area contributed by atoms with Crippen molar-refractivity contribution in [3.8, 4) is 6.07 Å². The molecule has 0 saturated heterocycles. The second kappa shape index (κ2) is 8.55. The van der Waals surface area contributed by atoms with Crippen LogP contribution in [0.1, 0.15) is 53.4 Å². The normalized spacial score (nSPS) is 29.2. The number of nitrogens with zero attached hydrogens (tertiary/aromatic N) is 1. The number of nitriles is 1. The zero-order valence-corrected chi connectivity index (χ0v) is 13.0. The Morgan fingerprint density at radius 1 is 1.37 bits per heavy atom. The average molecular weight is 266 g/mol. The van der Waals surface area contributed by atoms with Gasteiger partial charge >= 0.3 is 0 Å². The smallest absolute Gasteiger partial charge is 0.119 e. The summed E-state index contributed by atoms with van der Waals surface area (Å²) in [5, 5.41) is 12.3. The SMILES string of the molecule is CCCNC(C#N)COC1CC(C)CCC1C(C)C. The minimum Gasteiger partial charge on any atom is -0.375 e. The van der Waals surface area contributed by atoms with Crippen LogP contribution in [0.3, 0.4) is 0 Å². The number of rotatable bonds is 7. The third-order valence-electron chi connectivity index (χ3n) is 4.23. The maximum Gasteiger partial charge on any atom is 0.119 e. The predicted octanol–water partition coefficient (Wildman–Crippen LogP) is 3.36. The fourth-order valence-corrected chi connectivity index (χ4v) is 2.99. The third-order valence-corrected chi connectivity index (χ3v) is 4.23. The van der Waals surface area contributed by atoms with Crippen LogP contribution in [-0.2, 0) is 4.74 Å². The molecule has 0 radical (unpaired) electrons. The highest BCUT2D eigenvalue weighted by molar-refractivity contribution is 4.90. The van der Waals surface area contributed by atoms with Crippen molar-refractivity contribution in [2.75, 3.05) is 13.2 Å². The van der Waals surface area contributed by atoms with Crippen molar-refractivity contribution in [3.63, 3.8) is 0 Å². The summed E-state index contributed by atoms with van der Waals surface area (Å²) in [6.07, 6.45) is 5.12. The standard InChI is InChI=1S/C16H30N2O/c1-5-8-18-14(10-17)11-19-16-9-13(4)6-7-15(16)12(2)3/h12-16,18H,5-9,11H2,1-4H3. The van der Waals surface area contributed by atoms with Gasteiger partial charge in [0.1, 0.15) is 6.04 Å². The molecule has 3 heteroatoms. The Balaban J connectivity index is 2.45. The molecule has 0 bridgehead atoms. The molecule has 0 heterocycles. The molecule has 1 rings (SSSR count). The molecule has 0 amide bonds. The van der Waals surface area contributed by atoms with Crippen molar-refractivity contribution in [1.29, 1.82) is 5.26 Å². The van der Waals surface area contributed by atoms with Gasteiger partial charge in [-0.25, -0.2) is 0 Å². The Morgan fingerprint density at radius 3 is 2.68 bits per heavy atom. The molecule has 1 aliphatic rings. The fourth-order valence-electron chi connectivity index (χ4n) is 2.99. The van der Waals surface area contributed by atoms with Gasteiger partial charge in [0.05, 0.1) is 18.8 Å². The van der Waals surface area contributed by atoms with E-state index in [1.807, 2.05) is 0 Å². The Bertz CT molecular complexity index is 285. The largest absolute Gasteiger partial charge is 0.375 e. The minimum atomic E-state index is -0.162. The van der Waals surface area contributed by atoms with E-state index in [1.54, 1.807) is 0 Å². The maximum absolute atomic E-state index is 9.12. The van der Waals surface area contributed by atoms with Crippen LogP contribution < -0.4 is 5.32 Å². The van der Waals surface area contributed by atoms with Gasteiger partial charge in [0.25, 0.3) is 0 Å². The number of hydrogen-bond acceptors (Lipinski definition) is 3. The molecule has 1 fully saturated rings. The van der Waals surface area contributed by atoms with Gasteiger partial charge in [-0.15, -0.1) is 0 Å². The van der Waals surface area contributed by atoms with Crippen molar-refractivity contribution in [2.45, 2.75) is 65.5 Å². The lowest BCUT2D eigenvalue weighted by Crippen LogP contribution is -2.39. The van der Waals surface area contributed by atoms with Gasteiger partial charge in [0, 0.05) is 0 Å². The molecule has 0 aromatic rings. The van der Waals surface area contributed by atoms with Crippen molar-refractivity contribution in [3.05, 3.63) is 0 Å². The van der Waals surface area contributed by atoms with Crippen LogP contribution in [0.25, 0.3) is 0 Å². The van der Waals surface area contributed by atoms with E-state index in [4.69, 9.17) is 10.00 Å². The maximum atomic E-state index is 9.12. The summed E-state index contributed by atoms with van der Waals surface area (Å²) in [7, 11) is 0. The van der Waals surface area contributed by atoms with Crippen molar-refractivity contribution >= 4 is 0 Å². The molecular formula is C16H30N2O. The first-order chi connectivity index (χ1) is 9.08. The topological polar surface area (TPSA) is 45.0 Å². The van der Waals surface area contributed by atoms with Gasteiger partial charge in [0.2, 0.25) is 0 Å². The molecular weight excluding hydrogens is 236 g/mol. The second-order valence-corrected chi connectivity index (χ2v) is 6.33. The summed E-state index contributed by atoms with van der Waals surface area (Å²) in [6.45, 7) is 10.4. The van der Waals surface area contributed by atoms with Gasteiger partial charge < -0.3 is 10.1 Å². The van der Waals surface area contributed by atoms with E-state index in [0.717, 1.165) is 25.3 Å². The molecule has 1 aliphatic carbocycles. The molecule has 19 heavy (non-hydrogen) atoms. The van der Waals surface area contributed by atoms with Gasteiger partial charge in [-0.1, -0.05) is 34.1 Å². The first kappa shape index (κ1) is 16.5. The Hall–Kier alpha value is -0.590. The quantitative estimate of drug-likeness (QED) is 0.768. The van der Waals surface area contributed by atoms with E-state index in [0.29, 0.717) is 24.5 Å². The molecule has 110 valence electrons. The van der Waals surface area contributed by atoms with Gasteiger partial charge in [-0.2, -0.15) is 5.26 Å². The van der Waals surface area contributed by atoms with Gasteiger partial charge in [-0.3, -0.25) is 0 Å². The van der Waals surface area contributed by atoms with Gasteiger partial charge in [-0.05, 0) is 43.6 Å². The zero-order chi connectivity index (χ0) is 14.3. The first-order valence-corrected chi connectivity index (χ1v) is 7.83. The van der Waals surface area contributed by atoms with Crippen molar-refractivity contribution < 1.29 is 4.74 Å². The average Bonchev–Trinajstić information content (AvgIpc) is 2.38. The summed E-state index contributed by atoms with van der Waals surface area (Å²) in [5.41, 5.74) is 0. The van der Waals surface area contributed by atoms with Crippen molar-refractivity contribution in [2.24, 2.45) is 17.8 Å². The lowest BCUT2D eigenvalue weighted by atomic mass is 9.75. The molecule has 4 atom stereocenters. The fraction of sp³-hybridized carbons (Fsp3) is 0.938. The van der Waals surface area contributed by atoms with E-state index in [2.05, 4.69) is 39.1 Å². The number of nitrogens with one attached hydrogen (secondary N) is 1. The van der Waals surface area contributed by atoms with E-state index < -0.39 is 0 Å². The highest BCUT2D eigenvalue weighted by atomic mass is 16.5. The van der Waals surface area contributed by atoms with E-state index in [9.17, 15) is 0 Å². The molecule has 1 N–H and O–H groups in total. The molecule has 0 aromatic heterocycles. The molecule has 0 spiro atoms. The highest BCUT2D eigenvalue weighted by Crippen LogP contribution is 2.35. The summed E-state index contributed by atoms with van der Waals surface area (Å²) < 4.78 is 6.09. The molecule has 1 saturated carbocycles. The lowest BCUT2D eigenvalue weighted by molar-refractivity contribution is -0.0415. The zero-order valence-electron chi connectivity index (χ0n) is 13.0. The lowest BCUT2D eigenvalue weighted by Gasteiger charge is -2.37. The van der Waals surface area contributed by atoms with Crippen LogP contribution in [-0.4, -0.2) is 25.3 Å². The second-order valence-electron chi connectivity index (χ2n) is 6.33. The number of ether oxygens (including phenoxy) is 1. The van der Waals surface area contributed by atoms with Crippen LogP contribution in [0.4, 0.5) is 0 Å². The molecule has 3 nitrogen and oxygen atoms in total. The Labute approximate surface area is 118 Å². The van der Waals surface area contributed by atoms with E-state index in [1.165, 1.54) is 12.8 Å². The van der Waals surface area contributed by atoms with Crippen LogP contribution >= 0.6 is 0 Å². The molecule has 0 aromatic carbocycles. The molecule has 0 aliphatic heterocycles. The minimum absolute atomic E-state index is 0.162. The molecule has 4 unspecified atom stereocenters. The summed E-state index contributed by atoms with van der Waals surface area (Å²) in [6, 6.07) is 2.13. The number of hydrogen-bond donors (Lipinski definition) is 1. The van der Waals surface area contributed by atoms with Crippen LogP contribution in [0, 0.1) is 29.1 Å². The van der Waals surface area contributed by atoms with E-state index >= 15 is 0 Å². The summed E-state index contributed by atoms with van der Waals surface area (Å²) in [4.78, 5) is 0. The third kappa shape index (κ3) is 5.50. The van der Waals surface area contributed by atoms with Gasteiger partial charge in [0.15, 0.2) is 0 Å². The predicted molar refractivity (Wildman–Crippen MR) is 78.8 cm³/mol. The Morgan fingerprint density at radius 2 is 2.11 bits per heavy atom. The van der Waals surface area contributed by atoms with Crippen LogP contribution in [0.5, 0.6) is 0 Å². The monoisotopic (exact) mass is 266 g/mol. The summed E-state index contributed by atoms with van der Waals surface area (Å²) in [5.74, 6) is 2.08. The first-order valence-electron chi connectivity index (χ1n) is 7.83. The Kier molecular flexibility index (Phi) is 7.41.